The van der Waals surface area contributed by atoms with Crippen LogP contribution >= 0.6 is 0 Å². The van der Waals surface area contributed by atoms with Crippen LogP contribution in [-0.4, -0.2) is 34.1 Å². The van der Waals surface area contributed by atoms with Crippen molar-refractivity contribution in [1.82, 2.24) is 9.78 Å². The molecular formula is C20H18FN3O4S. The number of hydrogen-bond acceptors (Lipinski definition) is 5. The third-order valence-electron chi connectivity index (χ3n) is 4.62. The Kier molecular flexibility index (Phi) is 5.06. The molecule has 0 spiro atoms. The average Bonchev–Trinajstić information content (AvgIpc) is 3.24. The monoisotopic (exact) mass is 415 g/mol. The summed E-state index contributed by atoms with van der Waals surface area (Å²) in [7, 11) is 1.88. The van der Waals surface area contributed by atoms with Gasteiger partial charge in [-0.15, -0.1) is 0 Å². The number of aromatic nitrogens is 2. The largest absolute Gasteiger partial charge is 0.493 e. The predicted octanol–water partition coefficient (Wildman–Crippen LogP) is 3.04. The van der Waals surface area contributed by atoms with E-state index in [1.54, 1.807) is 30.3 Å². The summed E-state index contributed by atoms with van der Waals surface area (Å²) in [5.74, 6) is 0.952. The van der Waals surface area contributed by atoms with E-state index in [4.69, 9.17) is 9.47 Å². The number of hydrogen-bond donors (Lipinski definition) is 1. The van der Waals surface area contributed by atoms with Crippen LogP contribution in [0.3, 0.4) is 0 Å². The van der Waals surface area contributed by atoms with Crippen LogP contribution in [-0.2, 0) is 22.3 Å². The number of benzene rings is 2. The zero-order chi connectivity index (χ0) is 20.5. The maximum absolute atomic E-state index is 13.3. The third-order valence-corrected chi connectivity index (χ3v) is 5.83. The van der Waals surface area contributed by atoms with E-state index in [1.165, 1.54) is 31.0 Å². The number of para-hydroxylation sites is 1. The molecule has 9 heteroatoms. The molecule has 150 valence electrons. The van der Waals surface area contributed by atoms with Gasteiger partial charge in [0.2, 0.25) is 0 Å². The topological polar surface area (TPSA) is 82.5 Å². The summed E-state index contributed by atoms with van der Waals surface area (Å²) in [5, 5.41) is 7.36. The molecule has 1 atom stereocenters. The molecule has 0 bridgehead atoms. The number of anilines is 1. The predicted molar refractivity (Wildman–Crippen MR) is 107 cm³/mol. The lowest BCUT2D eigenvalue weighted by molar-refractivity contribution is 0.102. The molecule has 4 rings (SSSR count). The van der Waals surface area contributed by atoms with Crippen molar-refractivity contribution in [1.29, 1.82) is 0 Å². The second-order valence-corrected chi connectivity index (χ2v) is 7.84. The number of amides is 1. The van der Waals surface area contributed by atoms with Gasteiger partial charge in [-0.2, -0.15) is 5.10 Å². The molecule has 1 amide bonds. The summed E-state index contributed by atoms with van der Waals surface area (Å²) in [4.78, 5) is 13.1. The lowest BCUT2D eigenvalue weighted by atomic mass is 10.1. The van der Waals surface area contributed by atoms with Crippen molar-refractivity contribution in [2.45, 2.75) is 11.5 Å². The van der Waals surface area contributed by atoms with Crippen LogP contribution < -0.4 is 14.8 Å². The first kappa shape index (κ1) is 19.1. The average molecular weight is 415 g/mol. The van der Waals surface area contributed by atoms with Crippen molar-refractivity contribution < 1.29 is 22.9 Å². The summed E-state index contributed by atoms with van der Waals surface area (Å²) >= 11 is 0. The Morgan fingerprint density at radius 1 is 1.14 bits per heavy atom. The van der Waals surface area contributed by atoms with Gasteiger partial charge < -0.3 is 14.8 Å². The van der Waals surface area contributed by atoms with Gasteiger partial charge in [0.1, 0.15) is 11.6 Å². The molecule has 2 aromatic carbocycles. The molecule has 3 aromatic rings. The SMILES string of the molecule is COc1cccc(C(=O)Nc2c3c(nn2-c2ccc(F)cc2)CS(=O)C3)c1OC. The zero-order valence-electron chi connectivity index (χ0n) is 15.8. The first-order valence-corrected chi connectivity index (χ1v) is 10.2. The third kappa shape index (κ3) is 3.49. The van der Waals surface area contributed by atoms with Gasteiger partial charge in [0.05, 0.1) is 42.7 Å². The molecule has 29 heavy (non-hydrogen) atoms. The summed E-state index contributed by atoms with van der Waals surface area (Å²) in [6.45, 7) is 0. The first-order chi connectivity index (χ1) is 14.0. The Morgan fingerprint density at radius 3 is 2.59 bits per heavy atom. The van der Waals surface area contributed by atoms with Crippen LogP contribution in [0.15, 0.2) is 42.5 Å². The molecule has 1 aliphatic rings. The first-order valence-electron chi connectivity index (χ1n) is 8.76. The van der Waals surface area contributed by atoms with E-state index in [0.717, 1.165) is 0 Å². The van der Waals surface area contributed by atoms with Crippen LogP contribution in [0.5, 0.6) is 11.5 Å². The highest BCUT2D eigenvalue weighted by molar-refractivity contribution is 7.83. The van der Waals surface area contributed by atoms with Crippen LogP contribution in [0, 0.1) is 5.82 Å². The van der Waals surface area contributed by atoms with Crippen molar-refractivity contribution in [3.05, 3.63) is 65.1 Å². The number of methoxy groups -OCH3 is 2. The van der Waals surface area contributed by atoms with E-state index in [1.807, 2.05) is 0 Å². The fourth-order valence-corrected chi connectivity index (χ4v) is 4.53. The maximum atomic E-state index is 13.3. The smallest absolute Gasteiger partial charge is 0.260 e. The standard InChI is InChI=1S/C20H18FN3O4S/c1-27-17-5-3-4-14(18(17)28-2)20(25)22-19-15-10-29(26)11-16(15)23-24(19)13-8-6-12(21)7-9-13/h3-9H,10-11H2,1-2H3,(H,22,25). The molecular weight excluding hydrogens is 397 g/mol. The number of carbonyl (C=O) groups excluding carboxylic acids is 1. The quantitative estimate of drug-likeness (QED) is 0.693. The summed E-state index contributed by atoms with van der Waals surface area (Å²) in [5.41, 5.74) is 2.23. The van der Waals surface area contributed by atoms with Crippen LogP contribution in [0.25, 0.3) is 5.69 Å². The molecule has 2 heterocycles. The van der Waals surface area contributed by atoms with E-state index in [9.17, 15) is 13.4 Å². The van der Waals surface area contributed by atoms with E-state index in [0.29, 0.717) is 45.8 Å². The van der Waals surface area contributed by atoms with Gasteiger partial charge in [-0.1, -0.05) is 6.07 Å². The molecule has 0 aliphatic carbocycles. The van der Waals surface area contributed by atoms with Gasteiger partial charge in [0.15, 0.2) is 11.5 Å². The number of fused-ring (bicyclic) bond motifs is 1. The summed E-state index contributed by atoms with van der Waals surface area (Å²) < 4.78 is 37.5. The van der Waals surface area contributed by atoms with E-state index >= 15 is 0 Å². The molecule has 0 saturated heterocycles. The van der Waals surface area contributed by atoms with E-state index < -0.39 is 16.7 Å². The summed E-state index contributed by atoms with van der Waals surface area (Å²) in [6, 6.07) is 10.8. The van der Waals surface area contributed by atoms with Gasteiger partial charge in [0.25, 0.3) is 5.91 Å². The molecule has 1 aromatic heterocycles. The fourth-order valence-electron chi connectivity index (χ4n) is 3.27. The number of nitrogens with one attached hydrogen (secondary N) is 1. The molecule has 0 saturated carbocycles. The lowest BCUT2D eigenvalue weighted by Crippen LogP contribution is -2.17. The molecule has 0 fully saturated rings. The summed E-state index contributed by atoms with van der Waals surface area (Å²) in [6.07, 6.45) is 0. The van der Waals surface area contributed by atoms with Gasteiger partial charge in [-0.3, -0.25) is 9.00 Å². The van der Waals surface area contributed by atoms with E-state index in [2.05, 4.69) is 10.4 Å². The molecule has 7 nitrogen and oxygen atoms in total. The Hall–Kier alpha value is -3.20. The van der Waals surface area contributed by atoms with Gasteiger partial charge in [0, 0.05) is 16.4 Å². The van der Waals surface area contributed by atoms with Crippen molar-refractivity contribution >= 4 is 22.5 Å². The number of carbonyl (C=O) groups is 1. The highest BCUT2D eigenvalue weighted by Gasteiger charge is 2.29. The Balaban J connectivity index is 1.76. The van der Waals surface area contributed by atoms with Crippen LogP contribution in [0.1, 0.15) is 21.6 Å². The number of rotatable bonds is 5. The molecule has 1 aliphatic heterocycles. The minimum Gasteiger partial charge on any atom is -0.493 e. The minimum absolute atomic E-state index is 0.284. The second-order valence-electron chi connectivity index (χ2n) is 6.39. The van der Waals surface area contributed by atoms with Crippen LogP contribution in [0.2, 0.25) is 0 Å². The number of halogens is 1. The Morgan fingerprint density at radius 2 is 1.90 bits per heavy atom. The Labute approximate surface area is 168 Å². The Bertz CT molecular complexity index is 1110. The minimum atomic E-state index is -1.07. The van der Waals surface area contributed by atoms with Crippen molar-refractivity contribution in [3.8, 4) is 17.2 Å². The van der Waals surface area contributed by atoms with Gasteiger partial charge in [-0.25, -0.2) is 9.07 Å². The van der Waals surface area contributed by atoms with Crippen molar-refractivity contribution in [2.75, 3.05) is 19.5 Å². The molecule has 1 N–H and O–H groups in total. The fraction of sp³-hybridized carbons (Fsp3) is 0.200. The van der Waals surface area contributed by atoms with Gasteiger partial charge in [-0.05, 0) is 36.4 Å². The van der Waals surface area contributed by atoms with Crippen molar-refractivity contribution in [3.63, 3.8) is 0 Å². The number of ether oxygens (including phenoxy) is 2. The van der Waals surface area contributed by atoms with Crippen LogP contribution in [0.4, 0.5) is 10.2 Å². The highest BCUT2D eigenvalue weighted by atomic mass is 32.2. The van der Waals surface area contributed by atoms with E-state index in [-0.39, 0.29) is 11.4 Å². The molecule has 1 unspecified atom stereocenters. The maximum Gasteiger partial charge on any atom is 0.260 e. The van der Waals surface area contributed by atoms with Gasteiger partial charge >= 0.3 is 0 Å². The molecule has 0 radical (unpaired) electrons. The second kappa shape index (κ2) is 7.67. The highest BCUT2D eigenvalue weighted by Crippen LogP contribution is 2.34. The number of nitrogens with zero attached hydrogens (tertiary/aromatic N) is 2. The zero-order valence-corrected chi connectivity index (χ0v) is 16.6. The lowest BCUT2D eigenvalue weighted by Gasteiger charge is -2.14. The normalized spacial score (nSPS) is 15.1. The van der Waals surface area contributed by atoms with Crippen molar-refractivity contribution in [2.24, 2.45) is 0 Å².